The average molecular weight is 279 g/mol. The third-order valence-corrected chi connectivity index (χ3v) is 4.95. The zero-order valence-electron chi connectivity index (χ0n) is 12.2. The molecule has 4 rings (SSSR count). The minimum atomic E-state index is 0.0273. The van der Waals surface area contributed by atoms with E-state index >= 15 is 0 Å². The Morgan fingerprint density at radius 1 is 1.00 bits per heavy atom. The third kappa shape index (κ3) is 2.14. The molecule has 1 aliphatic heterocycles. The van der Waals surface area contributed by atoms with Crippen LogP contribution in [-0.2, 0) is 12.8 Å². The summed E-state index contributed by atoms with van der Waals surface area (Å²) in [5, 5.41) is 0. The van der Waals surface area contributed by atoms with Gasteiger partial charge in [-0.2, -0.15) is 0 Å². The summed E-state index contributed by atoms with van der Waals surface area (Å²) in [7, 11) is 0. The van der Waals surface area contributed by atoms with E-state index < -0.39 is 0 Å². The smallest absolute Gasteiger partial charge is 0.127 e. The molecule has 0 saturated carbocycles. The summed E-state index contributed by atoms with van der Waals surface area (Å²) in [6.45, 7) is 0.792. The second kappa shape index (κ2) is 5.19. The molecular formula is C19H21NO. The molecule has 2 unspecified atom stereocenters. The lowest BCUT2D eigenvalue weighted by atomic mass is 9.77. The van der Waals surface area contributed by atoms with E-state index in [-0.39, 0.29) is 6.04 Å². The van der Waals surface area contributed by atoms with Gasteiger partial charge in [0.05, 0.1) is 6.61 Å². The maximum absolute atomic E-state index is 6.68. The summed E-state index contributed by atoms with van der Waals surface area (Å²) >= 11 is 0. The number of ether oxygens (including phenoxy) is 1. The highest BCUT2D eigenvalue weighted by atomic mass is 16.5. The standard InChI is InChI=1S/C19H21NO/c20-18(17-10-4-7-14-11-12-21-19(14)17)16-9-3-6-13-5-1-2-8-15(13)16/h1-2,4-5,7-8,10,16,18H,3,6,9,11-12,20H2. The molecule has 21 heavy (non-hydrogen) atoms. The molecule has 1 aliphatic carbocycles. The Balaban J connectivity index is 1.73. The van der Waals surface area contributed by atoms with Crippen LogP contribution in [0.3, 0.4) is 0 Å². The second-order valence-electron chi connectivity index (χ2n) is 6.16. The van der Waals surface area contributed by atoms with Crippen molar-refractivity contribution in [2.75, 3.05) is 6.61 Å². The molecule has 2 atom stereocenters. The summed E-state index contributed by atoms with van der Waals surface area (Å²) in [5.41, 5.74) is 12.1. The zero-order valence-corrected chi connectivity index (χ0v) is 12.2. The number of hydrogen-bond acceptors (Lipinski definition) is 2. The molecule has 2 nitrogen and oxygen atoms in total. The lowest BCUT2D eigenvalue weighted by molar-refractivity contribution is 0.347. The molecule has 0 radical (unpaired) electrons. The normalized spacial score (nSPS) is 21.3. The van der Waals surface area contributed by atoms with Crippen LogP contribution in [0.5, 0.6) is 5.75 Å². The minimum absolute atomic E-state index is 0.0273. The van der Waals surface area contributed by atoms with Crippen LogP contribution in [0.25, 0.3) is 0 Å². The molecule has 2 aromatic carbocycles. The summed E-state index contributed by atoms with van der Waals surface area (Å²) in [6.07, 6.45) is 4.59. The first-order valence-electron chi connectivity index (χ1n) is 7.92. The van der Waals surface area contributed by atoms with Crippen LogP contribution in [0, 0.1) is 0 Å². The van der Waals surface area contributed by atoms with E-state index in [0.29, 0.717) is 5.92 Å². The van der Waals surface area contributed by atoms with Gasteiger partial charge in [0.15, 0.2) is 0 Å². The van der Waals surface area contributed by atoms with E-state index in [2.05, 4.69) is 42.5 Å². The average Bonchev–Trinajstić information content (AvgIpc) is 3.02. The van der Waals surface area contributed by atoms with Crippen molar-refractivity contribution in [2.45, 2.75) is 37.6 Å². The van der Waals surface area contributed by atoms with Crippen molar-refractivity contribution in [3.05, 3.63) is 64.7 Å². The van der Waals surface area contributed by atoms with Gasteiger partial charge >= 0.3 is 0 Å². The maximum Gasteiger partial charge on any atom is 0.127 e. The van der Waals surface area contributed by atoms with Gasteiger partial charge in [0, 0.05) is 23.9 Å². The van der Waals surface area contributed by atoms with Crippen LogP contribution in [-0.4, -0.2) is 6.61 Å². The van der Waals surface area contributed by atoms with Crippen LogP contribution in [0.2, 0.25) is 0 Å². The fourth-order valence-electron chi connectivity index (χ4n) is 3.88. The number of rotatable bonds is 2. The number of nitrogens with two attached hydrogens (primary N) is 1. The monoisotopic (exact) mass is 279 g/mol. The van der Waals surface area contributed by atoms with E-state index in [1.54, 1.807) is 0 Å². The quantitative estimate of drug-likeness (QED) is 0.909. The fourth-order valence-corrected chi connectivity index (χ4v) is 3.88. The third-order valence-electron chi connectivity index (χ3n) is 4.95. The molecule has 108 valence electrons. The van der Waals surface area contributed by atoms with Crippen molar-refractivity contribution in [3.63, 3.8) is 0 Å². The Kier molecular flexibility index (Phi) is 3.19. The number of benzene rings is 2. The molecule has 0 aromatic heterocycles. The van der Waals surface area contributed by atoms with E-state index in [0.717, 1.165) is 18.8 Å². The van der Waals surface area contributed by atoms with Gasteiger partial charge in [0.2, 0.25) is 0 Å². The van der Waals surface area contributed by atoms with Gasteiger partial charge in [-0.15, -0.1) is 0 Å². The van der Waals surface area contributed by atoms with E-state index in [4.69, 9.17) is 10.5 Å². The van der Waals surface area contributed by atoms with Gasteiger partial charge < -0.3 is 10.5 Å². The van der Waals surface area contributed by atoms with Crippen molar-refractivity contribution in [1.29, 1.82) is 0 Å². The number of fused-ring (bicyclic) bond motifs is 2. The van der Waals surface area contributed by atoms with Gasteiger partial charge in [-0.3, -0.25) is 0 Å². The highest BCUT2D eigenvalue weighted by Gasteiger charge is 2.29. The Bertz CT molecular complexity index is 664. The lowest BCUT2D eigenvalue weighted by Crippen LogP contribution is -2.24. The maximum atomic E-state index is 6.68. The first kappa shape index (κ1) is 12.9. The number of hydrogen-bond donors (Lipinski definition) is 1. The van der Waals surface area contributed by atoms with Gasteiger partial charge in [-0.1, -0.05) is 42.5 Å². The molecule has 2 aliphatic rings. The Morgan fingerprint density at radius 3 is 2.81 bits per heavy atom. The van der Waals surface area contributed by atoms with E-state index in [9.17, 15) is 0 Å². The van der Waals surface area contributed by atoms with Crippen molar-refractivity contribution < 1.29 is 4.74 Å². The van der Waals surface area contributed by atoms with Crippen LogP contribution < -0.4 is 10.5 Å². The Labute approximate surface area is 125 Å². The topological polar surface area (TPSA) is 35.2 Å². The van der Waals surface area contributed by atoms with Gasteiger partial charge in [0.25, 0.3) is 0 Å². The summed E-state index contributed by atoms with van der Waals surface area (Å²) in [4.78, 5) is 0. The zero-order chi connectivity index (χ0) is 14.2. The molecule has 0 saturated heterocycles. The van der Waals surface area contributed by atoms with Crippen molar-refractivity contribution >= 4 is 0 Å². The molecule has 0 amide bonds. The van der Waals surface area contributed by atoms with E-state index in [1.807, 2.05) is 0 Å². The molecular weight excluding hydrogens is 258 g/mol. The number of para-hydroxylation sites is 1. The van der Waals surface area contributed by atoms with Crippen LogP contribution in [0.1, 0.15) is 47.1 Å². The molecule has 1 heterocycles. The van der Waals surface area contributed by atoms with Gasteiger partial charge in [0.1, 0.15) is 5.75 Å². The lowest BCUT2D eigenvalue weighted by Gasteiger charge is -2.31. The fraction of sp³-hybridized carbons (Fsp3) is 0.368. The Morgan fingerprint density at radius 2 is 1.86 bits per heavy atom. The van der Waals surface area contributed by atoms with Crippen LogP contribution in [0.4, 0.5) is 0 Å². The highest BCUT2D eigenvalue weighted by Crippen LogP contribution is 2.43. The first-order chi connectivity index (χ1) is 10.3. The molecule has 2 N–H and O–H groups in total. The first-order valence-corrected chi connectivity index (χ1v) is 7.92. The summed E-state index contributed by atoms with van der Waals surface area (Å²) < 4.78 is 5.85. The van der Waals surface area contributed by atoms with Crippen LogP contribution >= 0.6 is 0 Å². The van der Waals surface area contributed by atoms with Crippen molar-refractivity contribution in [2.24, 2.45) is 5.73 Å². The molecule has 0 fully saturated rings. The van der Waals surface area contributed by atoms with Gasteiger partial charge in [-0.25, -0.2) is 0 Å². The second-order valence-corrected chi connectivity index (χ2v) is 6.16. The van der Waals surface area contributed by atoms with Crippen molar-refractivity contribution in [3.8, 4) is 5.75 Å². The number of aryl methyl sites for hydroxylation is 1. The highest BCUT2D eigenvalue weighted by molar-refractivity contribution is 5.47. The van der Waals surface area contributed by atoms with Gasteiger partial charge in [-0.05, 0) is 36.0 Å². The summed E-state index contributed by atoms with van der Waals surface area (Å²) in [5.74, 6) is 1.46. The minimum Gasteiger partial charge on any atom is -0.493 e. The van der Waals surface area contributed by atoms with Crippen molar-refractivity contribution in [1.82, 2.24) is 0 Å². The largest absolute Gasteiger partial charge is 0.493 e. The Hall–Kier alpha value is -1.80. The predicted molar refractivity (Wildman–Crippen MR) is 84.7 cm³/mol. The predicted octanol–water partition coefficient (Wildman–Crippen LogP) is 3.74. The summed E-state index contributed by atoms with van der Waals surface area (Å²) in [6, 6.07) is 15.2. The van der Waals surface area contributed by atoms with E-state index in [1.165, 1.54) is 41.5 Å². The SMILES string of the molecule is NC(c1cccc2c1OCC2)C1CCCc2ccccc21. The molecule has 0 bridgehead atoms. The molecule has 2 heteroatoms. The molecule has 2 aromatic rings. The van der Waals surface area contributed by atoms with Crippen LogP contribution in [0.15, 0.2) is 42.5 Å². The molecule has 0 spiro atoms.